The number of carbonyl (C=O) groups is 2. The van der Waals surface area contributed by atoms with Crippen molar-refractivity contribution in [2.45, 2.75) is 27.7 Å². The zero-order valence-corrected chi connectivity index (χ0v) is 19.1. The van der Waals surface area contributed by atoms with Crippen LogP contribution in [0.15, 0.2) is 41.3 Å². The molecule has 2 amide bonds. The monoisotopic (exact) mass is 441 g/mol. The molecule has 3 rings (SSSR count). The first-order chi connectivity index (χ1) is 14.9. The van der Waals surface area contributed by atoms with Gasteiger partial charge in [-0.05, 0) is 74.9 Å². The highest BCUT2D eigenvalue weighted by atomic mass is 32.2. The van der Waals surface area contributed by atoms with E-state index in [9.17, 15) is 9.59 Å². The van der Waals surface area contributed by atoms with Crippen LogP contribution in [0.2, 0.25) is 0 Å². The molecule has 164 valence electrons. The molecule has 0 saturated carbocycles. The van der Waals surface area contributed by atoms with Gasteiger partial charge in [0.15, 0.2) is 0 Å². The second-order valence-electron chi connectivity index (χ2n) is 7.02. The molecule has 0 spiro atoms. The van der Waals surface area contributed by atoms with E-state index in [0.717, 1.165) is 34.2 Å². The molecule has 31 heavy (non-hydrogen) atoms. The van der Waals surface area contributed by atoms with Gasteiger partial charge in [0.1, 0.15) is 23.9 Å². The van der Waals surface area contributed by atoms with E-state index in [-0.39, 0.29) is 24.3 Å². The molecule has 0 unspecified atom stereocenters. The fourth-order valence-electron chi connectivity index (χ4n) is 3.11. The molecule has 6 nitrogen and oxygen atoms in total. The van der Waals surface area contributed by atoms with Crippen LogP contribution < -0.4 is 14.2 Å². The van der Waals surface area contributed by atoms with Crippen LogP contribution in [0.25, 0.3) is 6.08 Å². The van der Waals surface area contributed by atoms with Crippen molar-refractivity contribution < 1.29 is 23.8 Å². The molecular formula is C24H27NO5S. The van der Waals surface area contributed by atoms with E-state index in [1.54, 1.807) is 12.1 Å². The molecule has 0 aliphatic carbocycles. The molecular weight excluding hydrogens is 414 g/mol. The zero-order valence-electron chi connectivity index (χ0n) is 18.3. The van der Waals surface area contributed by atoms with Gasteiger partial charge in [-0.2, -0.15) is 0 Å². The summed E-state index contributed by atoms with van der Waals surface area (Å²) in [4.78, 5) is 26.8. The third-order valence-electron chi connectivity index (χ3n) is 4.67. The van der Waals surface area contributed by atoms with E-state index in [4.69, 9.17) is 14.2 Å². The maximum absolute atomic E-state index is 12.8. The number of hydrogen-bond acceptors (Lipinski definition) is 6. The summed E-state index contributed by atoms with van der Waals surface area (Å²) in [5, 5.41) is -0.301. The summed E-state index contributed by atoms with van der Waals surface area (Å²) in [6, 6.07) is 11.4. The minimum Gasteiger partial charge on any atom is -0.494 e. The lowest BCUT2D eigenvalue weighted by atomic mass is 10.1. The van der Waals surface area contributed by atoms with Gasteiger partial charge in [0.25, 0.3) is 11.1 Å². The van der Waals surface area contributed by atoms with Crippen molar-refractivity contribution >= 4 is 29.0 Å². The first-order valence-corrected chi connectivity index (χ1v) is 11.1. The van der Waals surface area contributed by atoms with E-state index in [1.807, 2.05) is 58.0 Å². The Morgan fingerprint density at radius 2 is 1.71 bits per heavy atom. The number of ether oxygens (including phenoxy) is 3. The van der Waals surface area contributed by atoms with E-state index >= 15 is 0 Å². The molecule has 0 N–H and O–H groups in total. The van der Waals surface area contributed by atoms with Gasteiger partial charge in [-0.3, -0.25) is 14.5 Å². The summed E-state index contributed by atoms with van der Waals surface area (Å²) in [5.41, 5.74) is 2.83. The number of amides is 2. The minimum absolute atomic E-state index is 0.191. The molecule has 0 radical (unpaired) electrons. The van der Waals surface area contributed by atoms with Crippen molar-refractivity contribution in [1.82, 2.24) is 4.90 Å². The number of nitrogens with zero attached hydrogens (tertiary/aromatic N) is 1. The fraction of sp³-hybridized carbons (Fsp3) is 0.333. The molecule has 1 fully saturated rings. The van der Waals surface area contributed by atoms with Crippen molar-refractivity contribution in [1.29, 1.82) is 0 Å². The van der Waals surface area contributed by atoms with E-state index < -0.39 is 0 Å². The highest BCUT2D eigenvalue weighted by Crippen LogP contribution is 2.35. The number of carbonyl (C=O) groups excluding carboxylic acids is 2. The Morgan fingerprint density at radius 1 is 0.935 bits per heavy atom. The Balaban J connectivity index is 1.70. The van der Waals surface area contributed by atoms with E-state index in [2.05, 4.69) is 0 Å². The van der Waals surface area contributed by atoms with Crippen molar-refractivity contribution in [3.63, 3.8) is 0 Å². The molecule has 0 atom stereocenters. The summed E-state index contributed by atoms with van der Waals surface area (Å²) in [7, 11) is 0. The van der Waals surface area contributed by atoms with Crippen LogP contribution in [0.4, 0.5) is 4.79 Å². The molecule has 2 aromatic carbocycles. The summed E-state index contributed by atoms with van der Waals surface area (Å²) in [6.07, 6.45) is 1.69. The molecule has 1 aliphatic heterocycles. The Hall–Kier alpha value is -2.93. The van der Waals surface area contributed by atoms with Crippen molar-refractivity contribution in [2.75, 3.05) is 26.4 Å². The molecule has 1 heterocycles. The van der Waals surface area contributed by atoms with Crippen molar-refractivity contribution in [3.05, 3.63) is 58.0 Å². The van der Waals surface area contributed by atoms with Gasteiger partial charge >= 0.3 is 0 Å². The number of imide groups is 1. The van der Waals surface area contributed by atoms with Crippen LogP contribution in [-0.2, 0) is 4.79 Å². The van der Waals surface area contributed by atoms with Crippen LogP contribution in [0.5, 0.6) is 17.2 Å². The Morgan fingerprint density at radius 3 is 2.45 bits per heavy atom. The van der Waals surface area contributed by atoms with Crippen LogP contribution in [0.3, 0.4) is 0 Å². The lowest BCUT2D eigenvalue weighted by Crippen LogP contribution is -2.32. The maximum atomic E-state index is 12.8. The number of rotatable bonds is 9. The smallest absolute Gasteiger partial charge is 0.293 e. The number of aryl methyl sites for hydroxylation is 2. The second-order valence-corrected chi connectivity index (χ2v) is 8.01. The Bertz CT molecular complexity index is 1000. The fourth-order valence-corrected chi connectivity index (χ4v) is 3.97. The molecule has 0 bridgehead atoms. The first-order valence-electron chi connectivity index (χ1n) is 10.3. The first kappa shape index (κ1) is 22.7. The number of benzene rings is 2. The third kappa shape index (κ3) is 5.61. The van der Waals surface area contributed by atoms with Crippen LogP contribution in [0.1, 0.15) is 30.5 Å². The van der Waals surface area contributed by atoms with Gasteiger partial charge in [0, 0.05) is 11.6 Å². The summed E-state index contributed by atoms with van der Waals surface area (Å²) in [6.45, 7) is 9.21. The van der Waals surface area contributed by atoms with Gasteiger partial charge < -0.3 is 14.2 Å². The third-order valence-corrected chi connectivity index (χ3v) is 5.58. The average Bonchev–Trinajstić information content (AvgIpc) is 3.00. The predicted molar refractivity (Wildman–Crippen MR) is 123 cm³/mol. The molecule has 1 aliphatic rings. The lowest BCUT2D eigenvalue weighted by Gasteiger charge is -2.14. The molecule has 1 saturated heterocycles. The van der Waals surface area contributed by atoms with Crippen LogP contribution in [-0.4, -0.2) is 42.4 Å². The van der Waals surface area contributed by atoms with E-state index in [1.165, 1.54) is 4.90 Å². The van der Waals surface area contributed by atoms with Crippen molar-refractivity contribution in [2.24, 2.45) is 0 Å². The highest BCUT2D eigenvalue weighted by Gasteiger charge is 2.35. The zero-order chi connectivity index (χ0) is 22.4. The Kier molecular flexibility index (Phi) is 7.63. The Labute approximate surface area is 187 Å². The predicted octanol–water partition coefficient (Wildman–Crippen LogP) is 5.22. The van der Waals surface area contributed by atoms with E-state index in [0.29, 0.717) is 29.6 Å². The summed E-state index contributed by atoms with van der Waals surface area (Å²) < 4.78 is 17.0. The largest absolute Gasteiger partial charge is 0.494 e. The molecule has 0 aromatic heterocycles. The second kappa shape index (κ2) is 10.4. The van der Waals surface area contributed by atoms with Gasteiger partial charge in [0.2, 0.25) is 0 Å². The normalized spacial score (nSPS) is 15.0. The van der Waals surface area contributed by atoms with Gasteiger partial charge in [-0.15, -0.1) is 0 Å². The SMILES string of the molecule is CCOc1ccc(/C=C2\SC(=O)N(CCOc3cc(C)ccc3C)C2=O)c(OCC)c1. The van der Waals surface area contributed by atoms with Crippen molar-refractivity contribution in [3.8, 4) is 17.2 Å². The molecule has 7 heteroatoms. The maximum Gasteiger partial charge on any atom is 0.293 e. The van der Waals surface area contributed by atoms with Crippen LogP contribution in [0, 0.1) is 13.8 Å². The minimum atomic E-state index is -0.323. The summed E-state index contributed by atoms with van der Waals surface area (Å²) >= 11 is 0.926. The molecule has 2 aromatic rings. The van der Waals surface area contributed by atoms with Crippen LogP contribution >= 0.6 is 11.8 Å². The van der Waals surface area contributed by atoms with Gasteiger partial charge in [0.05, 0.1) is 24.7 Å². The highest BCUT2D eigenvalue weighted by molar-refractivity contribution is 8.18. The topological polar surface area (TPSA) is 65.1 Å². The van der Waals surface area contributed by atoms with Gasteiger partial charge in [-0.25, -0.2) is 0 Å². The van der Waals surface area contributed by atoms with Gasteiger partial charge in [-0.1, -0.05) is 12.1 Å². The quantitative estimate of drug-likeness (QED) is 0.498. The number of hydrogen-bond donors (Lipinski definition) is 0. The summed E-state index contributed by atoms with van der Waals surface area (Å²) in [5.74, 6) is 1.74. The lowest BCUT2D eigenvalue weighted by molar-refractivity contribution is -0.123. The number of thioether (sulfide) groups is 1. The standard InChI is InChI=1S/C24H27NO5S/c1-5-28-19-10-9-18(21(15-19)29-6-2)14-22-23(26)25(24(27)31-22)11-12-30-20-13-16(3)7-8-17(20)4/h7-10,13-15H,5-6,11-12H2,1-4H3/b22-14-. The average molecular weight is 442 g/mol.